The number of carbonyl (C=O) groups is 1. The Bertz CT molecular complexity index is 685. The predicted molar refractivity (Wildman–Crippen MR) is 82.3 cm³/mol. The molecule has 2 aromatic rings. The minimum atomic E-state index is -0.0202. The maximum atomic E-state index is 12.6. The molecule has 1 unspecified atom stereocenters. The normalized spacial score (nSPS) is 16.4. The first kappa shape index (κ1) is 14.0. The molecule has 0 spiro atoms. The number of rotatable bonds is 4. The molecule has 1 amide bonds. The molecule has 0 radical (unpaired) electrons. The topological polar surface area (TPSA) is 59.8 Å². The molecule has 0 bridgehead atoms. The highest BCUT2D eigenvalue weighted by molar-refractivity contribution is 6.05. The zero-order valence-corrected chi connectivity index (χ0v) is 13.1. The third-order valence-electron chi connectivity index (χ3n) is 4.12. The Kier molecular flexibility index (Phi) is 3.43. The van der Waals surface area contributed by atoms with Gasteiger partial charge in [-0.2, -0.15) is 5.10 Å². The van der Waals surface area contributed by atoms with Crippen molar-refractivity contribution in [2.45, 2.75) is 52.6 Å². The molecule has 1 saturated carbocycles. The second-order valence-corrected chi connectivity index (χ2v) is 6.33. The summed E-state index contributed by atoms with van der Waals surface area (Å²) < 4.78 is 1.86. The van der Waals surface area contributed by atoms with Crippen LogP contribution in [0.15, 0.2) is 12.3 Å². The third kappa shape index (κ3) is 2.64. The molecular weight excluding hydrogens is 264 g/mol. The van der Waals surface area contributed by atoms with Crippen LogP contribution in [0.1, 0.15) is 55.7 Å². The number of aromatic nitrogens is 3. The first-order valence-corrected chi connectivity index (χ1v) is 7.63. The van der Waals surface area contributed by atoms with Gasteiger partial charge in [0, 0.05) is 17.8 Å². The van der Waals surface area contributed by atoms with Crippen LogP contribution >= 0.6 is 0 Å². The molecule has 1 aliphatic rings. The molecule has 1 N–H and O–H groups in total. The second-order valence-electron chi connectivity index (χ2n) is 6.33. The summed E-state index contributed by atoms with van der Waals surface area (Å²) in [7, 11) is 0. The summed E-state index contributed by atoms with van der Waals surface area (Å²) in [4.78, 5) is 17.1. The summed E-state index contributed by atoms with van der Waals surface area (Å²) in [5.41, 5.74) is 2.31. The lowest BCUT2D eigenvalue weighted by atomic mass is 10.1. The molecule has 3 rings (SSSR count). The van der Waals surface area contributed by atoms with Crippen molar-refractivity contribution in [2.24, 2.45) is 5.92 Å². The van der Waals surface area contributed by atoms with Gasteiger partial charge in [-0.15, -0.1) is 0 Å². The molecule has 5 nitrogen and oxygen atoms in total. The Balaban J connectivity index is 1.99. The number of pyridine rings is 1. The average Bonchev–Trinajstić information content (AvgIpc) is 3.18. The maximum absolute atomic E-state index is 12.6. The molecule has 2 heterocycles. The van der Waals surface area contributed by atoms with Crippen LogP contribution in [-0.4, -0.2) is 26.7 Å². The zero-order chi connectivity index (χ0) is 15.1. The van der Waals surface area contributed by atoms with Crippen molar-refractivity contribution in [3.63, 3.8) is 0 Å². The van der Waals surface area contributed by atoms with E-state index in [2.05, 4.69) is 36.2 Å². The van der Waals surface area contributed by atoms with E-state index in [0.717, 1.165) is 16.7 Å². The lowest BCUT2D eigenvalue weighted by molar-refractivity contribution is 0.0937. The number of aryl methyl sites for hydroxylation is 1. The summed E-state index contributed by atoms with van der Waals surface area (Å²) in [6.07, 6.45) is 4.19. The maximum Gasteiger partial charge on any atom is 0.252 e. The van der Waals surface area contributed by atoms with Crippen LogP contribution < -0.4 is 5.32 Å². The highest BCUT2D eigenvalue weighted by atomic mass is 16.1. The fourth-order valence-corrected chi connectivity index (χ4v) is 2.71. The van der Waals surface area contributed by atoms with Crippen molar-refractivity contribution >= 4 is 16.9 Å². The average molecular weight is 286 g/mol. The molecule has 0 saturated heterocycles. The highest BCUT2D eigenvalue weighted by Crippen LogP contribution is 2.32. The summed E-state index contributed by atoms with van der Waals surface area (Å²) in [6, 6.07) is 2.31. The lowest BCUT2D eigenvalue weighted by Crippen LogP contribution is -2.34. The minimum absolute atomic E-state index is 0.0202. The number of amides is 1. The van der Waals surface area contributed by atoms with Gasteiger partial charge in [0.25, 0.3) is 5.91 Å². The molecule has 112 valence electrons. The van der Waals surface area contributed by atoms with E-state index in [-0.39, 0.29) is 18.0 Å². The highest BCUT2D eigenvalue weighted by Gasteiger charge is 2.29. The van der Waals surface area contributed by atoms with Gasteiger partial charge in [-0.25, -0.2) is 9.67 Å². The number of carbonyl (C=O) groups excluding carboxylic acids is 1. The van der Waals surface area contributed by atoms with E-state index in [1.165, 1.54) is 12.8 Å². The van der Waals surface area contributed by atoms with Gasteiger partial charge in [0.05, 0.1) is 17.1 Å². The van der Waals surface area contributed by atoms with Gasteiger partial charge in [0.2, 0.25) is 0 Å². The van der Waals surface area contributed by atoms with Gasteiger partial charge in [-0.05, 0) is 52.5 Å². The van der Waals surface area contributed by atoms with Gasteiger partial charge in [-0.1, -0.05) is 0 Å². The van der Waals surface area contributed by atoms with E-state index in [4.69, 9.17) is 0 Å². The van der Waals surface area contributed by atoms with Crippen LogP contribution in [0.25, 0.3) is 11.0 Å². The van der Waals surface area contributed by atoms with Crippen LogP contribution in [0.3, 0.4) is 0 Å². The van der Waals surface area contributed by atoms with Crippen molar-refractivity contribution in [1.82, 2.24) is 20.1 Å². The zero-order valence-electron chi connectivity index (χ0n) is 13.1. The van der Waals surface area contributed by atoms with E-state index in [1.54, 1.807) is 6.20 Å². The smallest absolute Gasteiger partial charge is 0.252 e. The summed E-state index contributed by atoms with van der Waals surface area (Å²) >= 11 is 0. The van der Waals surface area contributed by atoms with Gasteiger partial charge >= 0.3 is 0 Å². The van der Waals surface area contributed by atoms with E-state index >= 15 is 0 Å². The monoisotopic (exact) mass is 286 g/mol. The van der Waals surface area contributed by atoms with E-state index in [9.17, 15) is 4.79 Å². The Morgan fingerprint density at radius 1 is 1.38 bits per heavy atom. The van der Waals surface area contributed by atoms with Crippen molar-refractivity contribution in [3.8, 4) is 0 Å². The molecule has 1 aliphatic carbocycles. The number of fused-ring (bicyclic) bond motifs is 1. The van der Waals surface area contributed by atoms with Crippen molar-refractivity contribution in [3.05, 3.63) is 23.5 Å². The standard InChI is InChI=1S/C16H22N4O/c1-9(2)20-15-14(8-17-20)13(7-10(3)18-15)16(21)19-11(4)12-5-6-12/h7-9,11-12H,5-6H2,1-4H3,(H,19,21). The van der Waals surface area contributed by atoms with Crippen LogP contribution in [0, 0.1) is 12.8 Å². The number of nitrogens with one attached hydrogen (secondary N) is 1. The molecule has 0 aliphatic heterocycles. The van der Waals surface area contributed by atoms with Crippen LogP contribution in [-0.2, 0) is 0 Å². The van der Waals surface area contributed by atoms with Crippen LogP contribution in [0.2, 0.25) is 0 Å². The van der Waals surface area contributed by atoms with Gasteiger partial charge in [0.1, 0.15) is 0 Å². The second kappa shape index (κ2) is 5.13. The number of hydrogen-bond acceptors (Lipinski definition) is 3. The van der Waals surface area contributed by atoms with Gasteiger partial charge < -0.3 is 5.32 Å². The van der Waals surface area contributed by atoms with Crippen molar-refractivity contribution < 1.29 is 4.79 Å². The number of nitrogens with zero attached hydrogens (tertiary/aromatic N) is 3. The third-order valence-corrected chi connectivity index (χ3v) is 4.12. The Hall–Kier alpha value is -1.91. The quantitative estimate of drug-likeness (QED) is 0.940. The summed E-state index contributed by atoms with van der Waals surface area (Å²) in [6.45, 7) is 8.12. The SMILES string of the molecule is Cc1cc(C(=O)NC(C)C2CC2)c2cnn(C(C)C)c2n1. The molecular formula is C16H22N4O. The summed E-state index contributed by atoms with van der Waals surface area (Å²) in [5.74, 6) is 0.624. The van der Waals surface area contributed by atoms with E-state index < -0.39 is 0 Å². The Labute approximate surface area is 124 Å². The molecule has 1 fully saturated rings. The van der Waals surface area contributed by atoms with E-state index in [0.29, 0.717) is 11.5 Å². The predicted octanol–water partition coefficient (Wildman–Crippen LogP) is 2.85. The largest absolute Gasteiger partial charge is 0.349 e. The van der Waals surface area contributed by atoms with Crippen molar-refractivity contribution in [2.75, 3.05) is 0 Å². The van der Waals surface area contributed by atoms with Gasteiger partial charge in [-0.3, -0.25) is 4.79 Å². The summed E-state index contributed by atoms with van der Waals surface area (Å²) in [5, 5.41) is 8.32. The first-order chi connectivity index (χ1) is 9.97. The minimum Gasteiger partial charge on any atom is -0.349 e. The molecule has 2 aromatic heterocycles. The fourth-order valence-electron chi connectivity index (χ4n) is 2.71. The van der Waals surface area contributed by atoms with Gasteiger partial charge in [0.15, 0.2) is 5.65 Å². The number of hydrogen-bond donors (Lipinski definition) is 1. The Morgan fingerprint density at radius 2 is 2.10 bits per heavy atom. The first-order valence-electron chi connectivity index (χ1n) is 7.63. The molecule has 1 atom stereocenters. The van der Waals surface area contributed by atoms with Crippen molar-refractivity contribution in [1.29, 1.82) is 0 Å². The molecule has 21 heavy (non-hydrogen) atoms. The van der Waals surface area contributed by atoms with Crippen LogP contribution in [0.5, 0.6) is 0 Å². The Morgan fingerprint density at radius 3 is 2.71 bits per heavy atom. The van der Waals surface area contributed by atoms with E-state index in [1.807, 2.05) is 17.7 Å². The fraction of sp³-hybridized carbons (Fsp3) is 0.562. The van der Waals surface area contributed by atoms with Crippen LogP contribution in [0.4, 0.5) is 0 Å². The molecule has 0 aromatic carbocycles. The molecule has 5 heteroatoms. The lowest BCUT2D eigenvalue weighted by Gasteiger charge is -2.14.